The number of rotatable bonds is 5. The fourth-order valence-electron chi connectivity index (χ4n) is 1.95. The second kappa shape index (κ2) is 8.53. The summed E-state index contributed by atoms with van der Waals surface area (Å²) >= 11 is 0. The van der Waals surface area contributed by atoms with Crippen LogP contribution in [0.1, 0.15) is 38.1 Å². The number of phenolic OH excluding ortho intramolecular Hbond substituents is 1. The van der Waals surface area contributed by atoms with Gasteiger partial charge in [0.15, 0.2) is 0 Å². The van der Waals surface area contributed by atoms with Gasteiger partial charge in [-0.3, -0.25) is 0 Å². The Hall–Kier alpha value is -1.55. The van der Waals surface area contributed by atoms with Gasteiger partial charge in [-0.15, -0.1) is 0 Å². The first-order valence-electron chi connectivity index (χ1n) is 6.82. The Kier molecular flexibility index (Phi) is 7.84. The van der Waals surface area contributed by atoms with E-state index in [1.54, 1.807) is 0 Å². The molecule has 4 nitrogen and oxygen atoms in total. The van der Waals surface area contributed by atoms with Crippen molar-refractivity contribution in [1.82, 2.24) is 0 Å². The number of carboxylic acid groups (broad SMARTS) is 1. The van der Waals surface area contributed by atoms with Crippen molar-refractivity contribution in [2.24, 2.45) is 0 Å². The first-order valence-corrected chi connectivity index (χ1v) is 6.82. The van der Waals surface area contributed by atoms with Crippen LogP contribution in [0, 0.1) is 0 Å². The third-order valence-corrected chi connectivity index (χ3v) is 3.80. The predicted molar refractivity (Wildman–Crippen MR) is 77.5 cm³/mol. The molecule has 108 valence electrons. The van der Waals surface area contributed by atoms with E-state index in [1.165, 1.54) is 54.9 Å². The van der Waals surface area contributed by atoms with E-state index in [4.69, 9.17) is 10.2 Å². The lowest BCUT2D eigenvalue weighted by Crippen LogP contribution is -2.47. The molecule has 0 aliphatic carbocycles. The molecule has 0 saturated heterocycles. The maximum absolute atomic E-state index is 10.2. The van der Waals surface area contributed by atoms with Crippen LogP contribution in [0.25, 0.3) is 0 Å². The zero-order chi connectivity index (χ0) is 14.9. The number of hydrogen-bond donors (Lipinski definition) is 2. The maximum Gasteiger partial charge on any atom is 0.335 e. The minimum atomic E-state index is -0.986. The molecule has 1 aromatic carbocycles. The first-order chi connectivity index (χ1) is 8.94. The number of quaternary nitrogens is 1. The Morgan fingerprint density at radius 3 is 1.53 bits per heavy atom. The van der Waals surface area contributed by atoms with Gasteiger partial charge in [0.05, 0.1) is 31.7 Å². The van der Waals surface area contributed by atoms with Gasteiger partial charge in [-0.2, -0.15) is 0 Å². The predicted octanol–water partition coefficient (Wildman–Crippen LogP) is 2.97. The van der Waals surface area contributed by atoms with E-state index in [9.17, 15) is 4.79 Å². The molecule has 0 saturated carbocycles. The minimum Gasteiger partial charge on any atom is -0.508 e. The highest BCUT2D eigenvalue weighted by molar-refractivity contribution is 5.87. The number of carbonyl (C=O) groups is 1. The van der Waals surface area contributed by atoms with Crippen molar-refractivity contribution in [3.8, 4) is 5.75 Å². The molecule has 0 bridgehead atoms. The standard InChI is InChI=1S/C8H20N.C7H6O3/c1-5-9(6-2,7-3)8-4;8-6-3-1-5(2-4-6)7(9)10/h5-8H2,1-4H3;1-4,8H,(H,9,10)/q+1;. The second-order valence-electron chi connectivity index (χ2n) is 4.46. The normalized spacial score (nSPS) is 10.5. The largest absolute Gasteiger partial charge is 0.508 e. The van der Waals surface area contributed by atoms with Crippen molar-refractivity contribution in [1.29, 1.82) is 0 Å². The average molecular weight is 268 g/mol. The van der Waals surface area contributed by atoms with Gasteiger partial charge in [0.25, 0.3) is 0 Å². The Morgan fingerprint density at radius 2 is 1.32 bits per heavy atom. The molecule has 0 aliphatic heterocycles. The van der Waals surface area contributed by atoms with Crippen molar-refractivity contribution in [3.63, 3.8) is 0 Å². The molecule has 1 aromatic rings. The van der Waals surface area contributed by atoms with E-state index in [2.05, 4.69) is 27.7 Å². The van der Waals surface area contributed by atoms with Gasteiger partial charge in [-0.1, -0.05) is 0 Å². The first kappa shape index (κ1) is 17.4. The highest BCUT2D eigenvalue weighted by Crippen LogP contribution is 2.08. The molecule has 0 amide bonds. The number of hydrogen-bond acceptors (Lipinski definition) is 2. The molecule has 0 aliphatic rings. The monoisotopic (exact) mass is 268 g/mol. The van der Waals surface area contributed by atoms with Crippen LogP contribution in [-0.2, 0) is 0 Å². The van der Waals surface area contributed by atoms with Crippen molar-refractivity contribution >= 4 is 5.97 Å². The fraction of sp³-hybridized carbons (Fsp3) is 0.533. The zero-order valence-electron chi connectivity index (χ0n) is 12.4. The molecule has 0 spiro atoms. The van der Waals surface area contributed by atoms with E-state index < -0.39 is 5.97 Å². The highest BCUT2D eigenvalue weighted by Gasteiger charge is 2.16. The molecule has 4 heteroatoms. The van der Waals surface area contributed by atoms with Crippen LogP contribution < -0.4 is 0 Å². The SMILES string of the molecule is CC[N+](CC)(CC)CC.O=C(O)c1ccc(O)cc1. The van der Waals surface area contributed by atoms with Crippen LogP contribution in [0.4, 0.5) is 0 Å². The van der Waals surface area contributed by atoms with Gasteiger partial charge in [0.2, 0.25) is 0 Å². The Morgan fingerprint density at radius 1 is 0.947 bits per heavy atom. The summed E-state index contributed by atoms with van der Waals surface area (Å²) in [4.78, 5) is 10.2. The lowest BCUT2D eigenvalue weighted by Gasteiger charge is -2.34. The van der Waals surface area contributed by atoms with Crippen LogP contribution in [0.2, 0.25) is 0 Å². The average Bonchev–Trinajstić information content (AvgIpc) is 2.43. The topological polar surface area (TPSA) is 57.5 Å². The van der Waals surface area contributed by atoms with Gasteiger partial charge in [-0.25, -0.2) is 4.79 Å². The number of aromatic hydroxyl groups is 1. The molecular weight excluding hydrogens is 242 g/mol. The van der Waals surface area contributed by atoms with Gasteiger partial charge in [0, 0.05) is 0 Å². The number of benzene rings is 1. The Bertz CT molecular complexity index is 352. The molecule has 0 heterocycles. The zero-order valence-corrected chi connectivity index (χ0v) is 12.4. The van der Waals surface area contributed by atoms with Crippen molar-refractivity contribution in [3.05, 3.63) is 29.8 Å². The molecular formula is C15H26NO3+. The quantitative estimate of drug-likeness (QED) is 0.807. The van der Waals surface area contributed by atoms with Gasteiger partial charge >= 0.3 is 5.97 Å². The summed E-state index contributed by atoms with van der Waals surface area (Å²) in [5.41, 5.74) is 0.179. The number of carboxylic acids is 1. The summed E-state index contributed by atoms with van der Waals surface area (Å²) in [5.74, 6) is -0.912. The smallest absolute Gasteiger partial charge is 0.335 e. The van der Waals surface area contributed by atoms with E-state index >= 15 is 0 Å². The van der Waals surface area contributed by atoms with Crippen LogP contribution in [-0.4, -0.2) is 46.8 Å². The summed E-state index contributed by atoms with van der Waals surface area (Å²) in [5, 5.41) is 17.1. The molecule has 0 radical (unpaired) electrons. The van der Waals surface area contributed by atoms with Crippen molar-refractivity contribution in [2.45, 2.75) is 27.7 Å². The summed E-state index contributed by atoms with van der Waals surface area (Å²) in [7, 11) is 0. The second-order valence-corrected chi connectivity index (χ2v) is 4.46. The summed E-state index contributed by atoms with van der Waals surface area (Å²) in [6.45, 7) is 14.2. The third kappa shape index (κ3) is 5.75. The highest BCUT2D eigenvalue weighted by atomic mass is 16.4. The summed E-state index contributed by atoms with van der Waals surface area (Å²) in [6, 6.07) is 5.36. The Balaban J connectivity index is 0.000000344. The molecule has 0 fully saturated rings. The number of nitrogens with zero attached hydrogens (tertiary/aromatic N) is 1. The molecule has 2 N–H and O–H groups in total. The van der Waals surface area contributed by atoms with E-state index in [-0.39, 0.29) is 11.3 Å². The number of phenols is 1. The van der Waals surface area contributed by atoms with Crippen LogP contribution in [0.5, 0.6) is 5.75 Å². The minimum absolute atomic E-state index is 0.0741. The van der Waals surface area contributed by atoms with Crippen LogP contribution in [0.15, 0.2) is 24.3 Å². The van der Waals surface area contributed by atoms with Gasteiger partial charge < -0.3 is 14.7 Å². The molecule has 19 heavy (non-hydrogen) atoms. The van der Waals surface area contributed by atoms with E-state index in [0.29, 0.717) is 0 Å². The van der Waals surface area contributed by atoms with Crippen LogP contribution in [0.3, 0.4) is 0 Å². The summed E-state index contributed by atoms with van der Waals surface area (Å²) in [6.07, 6.45) is 0. The van der Waals surface area contributed by atoms with Crippen molar-refractivity contribution < 1.29 is 19.5 Å². The van der Waals surface area contributed by atoms with E-state index in [0.717, 1.165) is 0 Å². The fourth-order valence-corrected chi connectivity index (χ4v) is 1.95. The summed E-state index contributed by atoms with van der Waals surface area (Å²) < 4.78 is 1.28. The maximum atomic E-state index is 10.2. The lowest BCUT2D eigenvalue weighted by molar-refractivity contribution is -0.921. The molecule has 0 atom stereocenters. The lowest BCUT2D eigenvalue weighted by atomic mass is 10.2. The Labute approximate surface area is 115 Å². The molecule has 0 aromatic heterocycles. The molecule has 1 rings (SSSR count). The number of aromatic carboxylic acids is 1. The molecule has 0 unspecified atom stereocenters. The van der Waals surface area contributed by atoms with Crippen molar-refractivity contribution in [2.75, 3.05) is 26.2 Å². The third-order valence-electron chi connectivity index (χ3n) is 3.80. The van der Waals surface area contributed by atoms with Gasteiger partial charge in [-0.05, 0) is 52.0 Å². The van der Waals surface area contributed by atoms with Gasteiger partial charge in [0.1, 0.15) is 5.75 Å². The van der Waals surface area contributed by atoms with E-state index in [1.807, 2.05) is 0 Å². The van der Waals surface area contributed by atoms with Crippen LogP contribution >= 0.6 is 0 Å².